The van der Waals surface area contributed by atoms with Crippen LogP contribution in [0.1, 0.15) is 8.22 Å². The van der Waals surface area contributed by atoms with Gasteiger partial charge >= 0.3 is 0 Å². The number of hydrogen-bond donors (Lipinski definition) is 0. The predicted octanol–water partition coefficient (Wildman–Crippen LogP) is 15.3. The topological polar surface area (TPSA) is 65.0 Å². The van der Waals surface area contributed by atoms with E-state index in [2.05, 4.69) is 6.07 Å². The van der Waals surface area contributed by atoms with Gasteiger partial charge in [-0.05, 0) is 117 Å². The van der Waals surface area contributed by atoms with Crippen LogP contribution in [-0.2, 0) is 0 Å². The lowest BCUT2D eigenvalue weighted by Gasteiger charge is -2.12. The zero-order valence-electron chi connectivity index (χ0n) is 38.9. The predicted molar refractivity (Wildman–Crippen MR) is 252 cm³/mol. The number of rotatable bonds is 7. The fourth-order valence-corrected chi connectivity index (χ4v) is 8.09. The number of nitrogens with zero attached hydrogens (tertiary/aromatic N) is 3. The number of benzene rings is 9. The summed E-state index contributed by atoms with van der Waals surface area (Å²) in [6.07, 6.45) is 0. The highest BCUT2D eigenvalue weighted by Crippen LogP contribution is 2.38. The quantitative estimate of drug-likeness (QED) is 0.161. The van der Waals surface area contributed by atoms with Crippen molar-refractivity contribution in [3.05, 3.63) is 212 Å². The standard InChI is InChI=1S/C57H35N3O2/c1-4-13-36(14-5-1)39-19-12-20-40(29-39)41-24-27-53-49(33-41)48-26-23-43(35-54(48)62-53)56-58-55(42-25-28-52-50(34-42)47-21-10-11-22-51(47)61-52)59-57(60-56)46-31-44(37-15-6-2-7-16-37)30-45(32-46)38-17-8-3-9-18-38/h1-35H/i23D,24D,26D,27D,33D,35D. The number of hydrogen-bond acceptors (Lipinski definition) is 5. The molecule has 3 aromatic heterocycles. The summed E-state index contributed by atoms with van der Waals surface area (Å²) in [4.78, 5) is 15.1. The Balaban J connectivity index is 1.09. The van der Waals surface area contributed by atoms with Crippen molar-refractivity contribution in [3.63, 3.8) is 0 Å². The molecular formula is C57H35N3O2. The minimum absolute atomic E-state index is 0.0313. The third-order valence-corrected chi connectivity index (χ3v) is 11.2. The second-order valence-electron chi connectivity index (χ2n) is 15.1. The highest BCUT2D eigenvalue weighted by molar-refractivity contribution is 6.08. The Morgan fingerprint density at radius 2 is 0.790 bits per heavy atom. The van der Waals surface area contributed by atoms with Crippen LogP contribution in [0.2, 0.25) is 0 Å². The van der Waals surface area contributed by atoms with Crippen LogP contribution in [0, 0.1) is 0 Å². The Morgan fingerprint density at radius 1 is 0.274 bits per heavy atom. The first-order valence-corrected chi connectivity index (χ1v) is 20.3. The first kappa shape index (κ1) is 29.7. The normalized spacial score (nSPS) is 12.9. The van der Waals surface area contributed by atoms with Crippen molar-refractivity contribution in [2.45, 2.75) is 0 Å². The summed E-state index contributed by atoms with van der Waals surface area (Å²) in [7, 11) is 0. The summed E-state index contributed by atoms with van der Waals surface area (Å²) >= 11 is 0. The van der Waals surface area contributed by atoms with Gasteiger partial charge in [-0.15, -0.1) is 0 Å². The minimum atomic E-state index is -0.360. The van der Waals surface area contributed by atoms with Crippen LogP contribution < -0.4 is 0 Å². The summed E-state index contributed by atoms with van der Waals surface area (Å²) < 4.78 is 69.2. The van der Waals surface area contributed by atoms with Gasteiger partial charge in [0.25, 0.3) is 0 Å². The van der Waals surface area contributed by atoms with E-state index < -0.39 is 0 Å². The van der Waals surface area contributed by atoms with Crippen molar-refractivity contribution in [1.29, 1.82) is 0 Å². The second kappa shape index (κ2) is 14.7. The molecule has 0 aliphatic rings. The van der Waals surface area contributed by atoms with Crippen LogP contribution in [0.4, 0.5) is 0 Å². The van der Waals surface area contributed by atoms with Crippen molar-refractivity contribution in [1.82, 2.24) is 15.0 Å². The molecule has 0 aliphatic carbocycles. The van der Waals surface area contributed by atoms with Crippen LogP contribution in [0.3, 0.4) is 0 Å². The zero-order valence-corrected chi connectivity index (χ0v) is 32.9. The number of fused-ring (bicyclic) bond motifs is 6. The van der Waals surface area contributed by atoms with E-state index in [0.717, 1.165) is 49.7 Å². The molecule has 0 N–H and O–H groups in total. The van der Waals surface area contributed by atoms with Gasteiger partial charge in [0.2, 0.25) is 0 Å². The van der Waals surface area contributed by atoms with Crippen LogP contribution in [0.25, 0.3) is 123 Å². The minimum Gasteiger partial charge on any atom is -0.456 e. The molecule has 12 aromatic rings. The van der Waals surface area contributed by atoms with E-state index in [1.165, 1.54) is 0 Å². The maximum atomic E-state index is 9.72. The SMILES string of the molecule is [2H]c1c(-c2cccc(-c3ccccc3)c2)c([2H])c2c(oc3c([2H])c(-c4nc(-c5cc(-c6ccccc6)cc(-c6ccccc6)c5)nc(-c5ccc6oc7ccccc7c6c5)n4)c([2H])c([2H])c32)c1[2H]. The molecule has 0 fully saturated rings. The molecule has 12 rings (SSSR count). The molecule has 0 radical (unpaired) electrons. The van der Waals surface area contributed by atoms with Crippen LogP contribution in [0.5, 0.6) is 0 Å². The molecule has 3 heterocycles. The summed E-state index contributed by atoms with van der Waals surface area (Å²) in [5.74, 6) is 0.508. The third-order valence-electron chi connectivity index (χ3n) is 11.2. The number of para-hydroxylation sites is 1. The summed E-state index contributed by atoms with van der Waals surface area (Å²) in [5, 5.41) is 1.90. The lowest BCUT2D eigenvalue weighted by molar-refractivity contribution is 0.668. The molecule has 9 aromatic carbocycles. The molecule has 290 valence electrons. The summed E-state index contributed by atoms with van der Waals surface area (Å²) in [6.45, 7) is 0. The van der Waals surface area contributed by atoms with Crippen molar-refractivity contribution < 1.29 is 17.1 Å². The molecule has 0 amide bonds. The Labute approximate surface area is 365 Å². The molecular weight excluding hydrogens is 759 g/mol. The number of aromatic nitrogens is 3. The van der Waals surface area contributed by atoms with E-state index in [1.54, 1.807) is 6.07 Å². The third kappa shape index (κ3) is 6.40. The van der Waals surface area contributed by atoms with E-state index in [0.29, 0.717) is 22.3 Å². The van der Waals surface area contributed by atoms with E-state index in [1.807, 2.05) is 164 Å². The molecule has 5 nitrogen and oxygen atoms in total. The van der Waals surface area contributed by atoms with Crippen molar-refractivity contribution in [2.24, 2.45) is 0 Å². The molecule has 0 bridgehead atoms. The van der Waals surface area contributed by atoms with Gasteiger partial charge in [-0.2, -0.15) is 0 Å². The van der Waals surface area contributed by atoms with Crippen LogP contribution in [-0.4, -0.2) is 15.0 Å². The van der Waals surface area contributed by atoms with Gasteiger partial charge in [0, 0.05) is 38.2 Å². The molecule has 0 aliphatic heterocycles. The molecule has 5 heteroatoms. The monoisotopic (exact) mass is 799 g/mol. The highest BCUT2D eigenvalue weighted by atomic mass is 16.3. The maximum absolute atomic E-state index is 9.72. The first-order chi connectivity index (χ1) is 33.2. The lowest BCUT2D eigenvalue weighted by atomic mass is 9.96. The molecule has 0 saturated carbocycles. The molecule has 0 atom stereocenters. The lowest BCUT2D eigenvalue weighted by Crippen LogP contribution is -2.00. The summed E-state index contributed by atoms with van der Waals surface area (Å²) in [5.41, 5.74) is 8.79. The van der Waals surface area contributed by atoms with Gasteiger partial charge in [0.05, 0.1) is 8.22 Å². The van der Waals surface area contributed by atoms with Crippen molar-refractivity contribution in [3.8, 4) is 78.7 Å². The molecule has 0 unspecified atom stereocenters. The number of furan rings is 2. The average Bonchev–Trinajstić information content (AvgIpc) is 3.98. The zero-order chi connectivity index (χ0) is 46.2. The Morgan fingerprint density at radius 3 is 1.50 bits per heavy atom. The second-order valence-corrected chi connectivity index (χ2v) is 15.1. The molecule has 0 saturated heterocycles. The Kier molecular flexibility index (Phi) is 7.05. The van der Waals surface area contributed by atoms with Crippen molar-refractivity contribution >= 4 is 43.9 Å². The van der Waals surface area contributed by atoms with Gasteiger partial charge in [-0.3, -0.25) is 0 Å². The van der Waals surface area contributed by atoms with Crippen molar-refractivity contribution in [2.75, 3.05) is 0 Å². The van der Waals surface area contributed by atoms with Gasteiger partial charge in [-0.25, -0.2) is 15.0 Å². The Bertz CT molecular complexity index is 3930. The molecule has 0 spiro atoms. The van der Waals surface area contributed by atoms with E-state index in [4.69, 9.17) is 26.5 Å². The van der Waals surface area contributed by atoms with Crippen LogP contribution >= 0.6 is 0 Å². The fraction of sp³-hybridized carbons (Fsp3) is 0. The Hall–Kier alpha value is -8.41. The smallest absolute Gasteiger partial charge is 0.164 e. The van der Waals surface area contributed by atoms with Crippen LogP contribution in [0.15, 0.2) is 221 Å². The average molecular weight is 800 g/mol. The summed E-state index contributed by atoms with van der Waals surface area (Å²) in [6, 6.07) is 55.2. The fourth-order valence-electron chi connectivity index (χ4n) is 8.09. The van der Waals surface area contributed by atoms with E-state index in [-0.39, 0.29) is 86.8 Å². The highest BCUT2D eigenvalue weighted by Gasteiger charge is 2.18. The first-order valence-electron chi connectivity index (χ1n) is 23.3. The van der Waals surface area contributed by atoms with Gasteiger partial charge in [-0.1, -0.05) is 139 Å². The van der Waals surface area contributed by atoms with E-state index in [9.17, 15) is 5.48 Å². The van der Waals surface area contributed by atoms with E-state index >= 15 is 0 Å². The largest absolute Gasteiger partial charge is 0.456 e. The van der Waals surface area contributed by atoms with Gasteiger partial charge in [0.15, 0.2) is 17.5 Å². The maximum Gasteiger partial charge on any atom is 0.164 e. The molecule has 62 heavy (non-hydrogen) atoms. The van der Waals surface area contributed by atoms with Gasteiger partial charge < -0.3 is 8.83 Å². The van der Waals surface area contributed by atoms with Gasteiger partial charge in [0.1, 0.15) is 22.3 Å².